The van der Waals surface area contributed by atoms with Gasteiger partial charge in [0.15, 0.2) is 85.0 Å². The SMILES string of the molecule is C[S+](=O)(C#Cc1ccccc1)Cc1ccc2ccccc2c1.Fc1c(F)c(F)c([B-](c2c(F)c(F)c(F)c(F)c2F)(c2c(F)c(F)c(F)c(F)c2F)c2c(F)c(F)c(F)c(F)c2F)c(F)c1F. The van der Waals surface area contributed by atoms with Crippen LogP contribution in [0.3, 0.4) is 0 Å². The molecule has 0 saturated carbocycles. The van der Waals surface area contributed by atoms with Crippen LogP contribution in [0.5, 0.6) is 0 Å². The minimum Gasteiger partial charge on any atom is -0.207 e. The second-order valence-corrected chi connectivity index (χ2v) is 16.7. The molecule has 1 unspecified atom stereocenters. The lowest BCUT2D eigenvalue weighted by atomic mass is 9.12. The highest BCUT2D eigenvalue weighted by Crippen LogP contribution is 2.31. The topological polar surface area (TPSA) is 17.1 Å². The fourth-order valence-corrected chi connectivity index (χ4v) is 8.47. The molecule has 0 aliphatic carbocycles. The van der Waals surface area contributed by atoms with Crippen LogP contribution < -0.4 is 21.9 Å². The molecule has 7 aromatic rings. The van der Waals surface area contributed by atoms with Gasteiger partial charge in [0.2, 0.25) is 0 Å². The third-order valence-electron chi connectivity index (χ3n) is 10.1. The third kappa shape index (κ3) is 8.35. The number of halogens is 20. The van der Waals surface area contributed by atoms with E-state index < -0.39 is 154 Å². The fraction of sp³-hybridized carbons (Fsp3) is 0.0455. The van der Waals surface area contributed by atoms with Gasteiger partial charge in [-0.1, -0.05) is 58.8 Å². The van der Waals surface area contributed by atoms with Crippen LogP contribution in [-0.4, -0.2) is 12.4 Å². The molecule has 7 rings (SSSR count). The molecule has 1 atom stereocenters. The highest BCUT2D eigenvalue weighted by molar-refractivity contribution is 8.05. The van der Waals surface area contributed by atoms with Gasteiger partial charge in [-0.05, 0) is 34.9 Å². The van der Waals surface area contributed by atoms with Gasteiger partial charge in [-0.3, -0.25) is 0 Å². The lowest BCUT2D eigenvalue weighted by molar-refractivity contribution is 0.378. The van der Waals surface area contributed by atoms with Crippen LogP contribution in [0.4, 0.5) is 87.8 Å². The molecule has 0 aliphatic heterocycles. The Hall–Kier alpha value is -6.83. The number of hydrogen-bond acceptors (Lipinski definition) is 1. The molecular weight excluding hydrogens is 967 g/mol. The zero-order chi connectivity index (χ0) is 49.8. The van der Waals surface area contributed by atoms with E-state index in [2.05, 4.69) is 35.4 Å². The van der Waals surface area contributed by atoms with Crippen LogP contribution in [0.1, 0.15) is 11.1 Å². The molecule has 67 heavy (non-hydrogen) atoms. The lowest BCUT2D eigenvalue weighted by Crippen LogP contribution is -2.81. The van der Waals surface area contributed by atoms with Crippen LogP contribution in [0.15, 0.2) is 72.8 Å². The largest absolute Gasteiger partial charge is 0.207 e. The summed E-state index contributed by atoms with van der Waals surface area (Å²) in [4.78, 5) is 0. The van der Waals surface area contributed by atoms with Gasteiger partial charge in [-0.15, -0.1) is 21.9 Å². The van der Waals surface area contributed by atoms with E-state index in [9.17, 15) is 56.9 Å². The average Bonchev–Trinajstić information content (AvgIpc) is 3.31. The first kappa shape index (κ1) is 49.6. The van der Waals surface area contributed by atoms with Crippen molar-refractivity contribution in [1.29, 1.82) is 0 Å². The molecule has 0 N–H and O–H groups in total. The van der Waals surface area contributed by atoms with Crippen LogP contribution in [0, 0.1) is 128 Å². The Morgan fingerprint density at radius 3 is 0.985 bits per heavy atom. The minimum absolute atomic E-state index is 0.484. The Balaban J connectivity index is 0.000000279. The maximum atomic E-state index is 15.4. The number of rotatable bonds is 6. The van der Waals surface area contributed by atoms with Crippen molar-refractivity contribution in [2.24, 2.45) is 0 Å². The van der Waals surface area contributed by atoms with Crippen LogP contribution in [0.2, 0.25) is 0 Å². The van der Waals surface area contributed by atoms with E-state index in [4.69, 9.17) is 0 Å². The average molecular weight is 984 g/mol. The molecule has 0 radical (unpaired) electrons. The predicted molar refractivity (Wildman–Crippen MR) is 204 cm³/mol. The molecule has 0 heterocycles. The van der Waals surface area contributed by atoms with E-state index in [1.807, 2.05) is 48.5 Å². The smallest absolute Gasteiger partial charge is 0.200 e. The highest BCUT2D eigenvalue weighted by Gasteiger charge is 2.52. The van der Waals surface area contributed by atoms with Gasteiger partial charge in [0.1, 0.15) is 64.7 Å². The Morgan fingerprint density at radius 2 is 0.657 bits per heavy atom. The summed E-state index contributed by atoms with van der Waals surface area (Å²) >= 11 is 0. The van der Waals surface area contributed by atoms with Crippen molar-refractivity contribution >= 4 is 48.7 Å². The van der Waals surface area contributed by atoms with Gasteiger partial charge in [0.05, 0.1) is 0 Å². The summed E-state index contributed by atoms with van der Waals surface area (Å²) in [7, 11) is -2.21. The summed E-state index contributed by atoms with van der Waals surface area (Å²) in [5, 5.41) is 5.32. The van der Waals surface area contributed by atoms with E-state index in [0.717, 1.165) is 11.1 Å². The van der Waals surface area contributed by atoms with Crippen LogP contribution in [-0.2, 0) is 19.9 Å². The number of benzene rings is 7. The van der Waals surface area contributed by atoms with Crippen LogP contribution >= 0.6 is 0 Å². The second kappa shape index (κ2) is 18.5. The maximum Gasteiger partial charge on any atom is 0.200 e. The van der Waals surface area contributed by atoms with Crippen LogP contribution in [0.25, 0.3) is 10.8 Å². The Bertz CT molecular complexity index is 2900. The summed E-state index contributed by atoms with van der Waals surface area (Å²) < 4.78 is 307. The summed E-state index contributed by atoms with van der Waals surface area (Å²) in [5.41, 5.74) is -12.4. The Kier molecular flexibility index (Phi) is 13.7. The molecule has 0 saturated heterocycles. The van der Waals surface area contributed by atoms with Crippen molar-refractivity contribution in [3.63, 3.8) is 0 Å². The molecule has 348 valence electrons. The van der Waals surface area contributed by atoms with Gasteiger partial charge in [-0.2, -0.15) is 0 Å². The molecule has 0 bridgehead atoms. The number of fused-ring (bicyclic) bond motifs is 1. The van der Waals surface area contributed by atoms with Crippen molar-refractivity contribution in [2.75, 3.05) is 6.26 Å². The van der Waals surface area contributed by atoms with Gasteiger partial charge >= 0.3 is 0 Å². The molecular formula is C44H17BF20OS. The minimum atomic E-state index is -7.22. The van der Waals surface area contributed by atoms with Crippen molar-refractivity contribution in [1.82, 2.24) is 0 Å². The van der Waals surface area contributed by atoms with Crippen molar-refractivity contribution in [2.45, 2.75) is 5.75 Å². The zero-order valence-electron chi connectivity index (χ0n) is 32.6. The molecule has 0 spiro atoms. The Labute approximate surface area is 363 Å². The maximum absolute atomic E-state index is 15.4. The third-order valence-corrected chi connectivity index (χ3v) is 11.6. The van der Waals surface area contributed by atoms with E-state index in [-0.39, 0.29) is 0 Å². The summed E-state index contributed by atoms with van der Waals surface area (Å²) in [6.07, 6.45) is -5.48. The molecule has 0 aliphatic rings. The van der Waals surface area contributed by atoms with Gasteiger partial charge in [0.25, 0.3) is 0 Å². The van der Waals surface area contributed by atoms with E-state index >= 15 is 35.1 Å². The standard InChI is InChI=1S/C24BF20.C20H17OS/c26-5-1(6(27)14(35)21(42)13(5)34)25(2-7(28)15(36)22(43)16(37)8(2)29,3-9(30)17(38)23(44)18(39)10(3)31)4-11(32)19(40)24(45)20(41)12(4)33;1-22(21,14-13-17-7-3-2-4-8-17)16-18-11-12-19-9-5-6-10-20(19)15-18/h;2-12,15H,16H2,1H3/q-1;+1. The summed E-state index contributed by atoms with van der Waals surface area (Å²) in [6.45, 7) is 0. The monoisotopic (exact) mass is 984 g/mol. The van der Waals surface area contributed by atoms with Gasteiger partial charge in [-0.25, -0.2) is 87.8 Å². The molecule has 23 heteroatoms. The van der Waals surface area contributed by atoms with E-state index in [1.165, 1.54) is 10.8 Å². The second-order valence-electron chi connectivity index (χ2n) is 14.2. The highest BCUT2D eigenvalue weighted by atomic mass is 32.2. The summed E-state index contributed by atoms with van der Waals surface area (Å²) in [6, 6.07) is 24.1. The molecule has 0 aromatic heterocycles. The molecule has 1 nitrogen and oxygen atoms in total. The van der Waals surface area contributed by atoms with Crippen molar-refractivity contribution in [3.8, 4) is 11.2 Å². The predicted octanol–water partition coefficient (Wildman–Crippen LogP) is 10.3. The zero-order valence-corrected chi connectivity index (χ0v) is 33.4. The van der Waals surface area contributed by atoms with Gasteiger partial charge in [0, 0.05) is 11.1 Å². The summed E-state index contributed by atoms with van der Waals surface area (Å²) in [5.74, 6) is -67.9. The van der Waals surface area contributed by atoms with Crippen molar-refractivity contribution < 1.29 is 92.0 Å². The molecule has 0 amide bonds. The van der Waals surface area contributed by atoms with E-state index in [1.54, 1.807) is 6.26 Å². The quantitative estimate of drug-likeness (QED) is 0.0405. The molecule has 7 aromatic carbocycles. The van der Waals surface area contributed by atoms with Crippen molar-refractivity contribution in [3.05, 3.63) is 200 Å². The normalized spacial score (nSPS) is 12.4. The Morgan fingerprint density at radius 1 is 0.373 bits per heavy atom. The number of hydrogen-bond donors (Lipinski definition) is 0. The lowest BCUT2D eigenvalue weighted by Gasteiger charge is -2.44. The first-order valence-corrected chi connectivity index (χ1v) is 20.2. The fourth-order valence-electron chi connectivity index (χ4n) is 7.25. The first-order valence-electron chi connectivity index (χ1n) is 18.1. The molecule has 0 fully saturated rings. The first-order chi connectivity index (χ1) is 31.3. The van der Waals surface area contributed by atoms with Gasteiger partial charge < -0.3 is 0 Å². The van der Waals surface area contributed by atoms with E-state index in [0.29, 0.717) is 5.75 Å².